The van der Waals surface area contributed by atoms with Crippen molar-refractivity contribution in [2.24, 2.45) is 0 Å². The second-order valence-corrected chi connectivity index (χ2v) is 6.02. The Labute approximate surface area is 136 Å². The molecule has 21 heavy (non-hydrogen) atoms. The second-order valence-electron chi connectivity index (χ2n) is 4.76. The summed E-state index contributed by atoms with van der Waals surface area (Å²) in [7, 11) is 0. The molecule has 2 aromatic rings. The van der Waals surface area contributed by atoms with E-state index in [0.29, 0.717) is 27.7 Å². The van der Waals surface area contributed by atoms with E-state index in [0.717, 1.165) is 0 Å². The first-order valence-corrected chi connectivity index (χ1v) is 7.75. The van der Waals surface area contributed by atoms with Gasteiger partial charge in [0.15, 0.2) is 0 Å². The molecule has 0 aliphatic carbocycles. The molecule has 0 radical (unpaired) electrons. The van der Waals surface area contributed by atoms with Crippen molar-refractivity contribution in [3.05, 3.63) is 68.2 Å². The van der Waals surface area contributed by atoms with E-state index in [1.807, 2.05) is 6.92 Å². The van der Waals surface area contributed by atoms with Crippen LogP contribution in [0.5, 0.6) is 0 Å². The highest BCUT2D eigenvalue weighted by atomic mass is 79.9. The smallest absolute Gasteiger partial charge is 0.142 e. The zero-order chi connectivity index (χ0) is 15.6. The van der Waals surface area contributed by atoms with E-state index in [9.17, 15) is 8.78 Å². The highest BCUT2D eigenvalue weighted by molar-refractivity contribution is 9.10. The van der Waals surface area contributed by atoms with Crippen molar-refractivity contribution in [1.82, 2.24) is 5.32 Å². The van der Waals surface area contributed by atoms with Crippen LogP contribution in [-0.2, 0) is 0 Å². The highest BCUT2D eigenvalue weighted by Crippen LogP contribution is 2.33. The molecular formula is C16H15BrClF2N. The maximum absolute atomic E-state index is 14.4. The lowest BCUT2D eigenvalue weighted by molar-refractivity contribution is 0.553. The Morgan fingerprint density at radius 1 is 1.24 bits per heavy atom. The van der Waals surface area contributed by atoms with Crippen LogP contribution < -0.4 is 5.32 Å². The summed E-state index contributed by atoms with van der Waals surface area (Å²) in [5, 5.41) is 3.48. The van der Waals surface area contributed by atoms with Crippen LogP contribution >= 0.6 is 27.5 Å². The molecule has 0 saturated heterocycles. The van der Waals surface area contributed by atoms with Gasteiger partial charge >= 0.3 is 0 Å². The quantitative estimate of drug-likeness (QED) is 0.757. The minimum atomic E-state index is -0.431. The minimum Gasteiger partial charge on any atom is -0.306 e. The first-order valence-electron chi connectivity index (χ1n) is 6.58. The first kappa shape index (κ1) is 16.4. The molecular weight excluding hydrogens is 360 g/mol. The van der Waals surface area contributed by atoms with Crippen LogP contribution in [0.25, 0.3) is 0 Å². The molecule has 2 rings (SSSR count). The Bertz CT molecular complexity index is 661. The van der Waals surface area contributed by atoms with Gasteiger partial charge in [-0.15, -0.1) is 0 Å². The van der Waals surface area contributed by atoms with Gasteiger partial charge in [0.2, 0.25) is 0 Å². The Hall–Kier alpha value is -0.970. The maximum atomic E-state index is 14.4. The molecule has 0 spiro atoms. The monoisotopic (exact) mass is 373 g/mol. The van der Waals surface area contributed by atoms with Crippen molar-refractivity contribution in [1.29, 1.82) is 0 Å². The molecule has 0 bridgehead atoms. The van der Waals surface area contributed by atoms with Crippen molar-refractivity contribution >= 4 is 27.5 Å². The third-order valence-corrected chi connectivity index (χ3v) is 4.23. The summed E-state index contributed by atoms with van der Waals surface area (Å²) in [6.45, 7) is 4.21. The number of halogens is 4. The van der Waals surface area contributed by atoms with Gasteiger partial charge in [-0.2, -0.15) is 0 Å². The number of nitrogens with one attached hydrogen (secondary N) is 1. The van der Waals surface area contributed by atoms with E-state index in [4.69, 9.17) is 11.6 Å². The molecule has 112 valence electrons. The van der Waals surface area contributed by atoms with Crippen LogP contribution in [0.2, 0.25) is 5.02 Å². The lowest BCUT2D eigenvalue weighted by Gasteiger charge is -2.22. The fraction of sp³-hybridized carbons (Fsp3) is 0.250. The normalized spacial score (nSPS) is 12.5. The van der Waals surface area contributed by atoms with Crippen molar-refractivity contribution in [2.45, 2.75) is 19.9 Å². The molecule has 0 saturated carbocycles. The van der Waals surface area contributed by atoms with E-state index in [1.54, 1.807) is 31.2 Å². The average Bonchev–Trinajstić information content (AvgIpc) is 2.44. The van der Waals surface area contributed by atoms with Crippen LogP contribution in [0.15, 0.2) is 34.8 Å². The van der Waals surface area contributed by atoms with Gasteiger partial charge in [-0.3, -0.25) is 0 Å². The molecule has 0 aliphatic heterocycles. The lowest BCUT2D eigenvalue weighted by atomic mass is 9.96. The van der Waals surface area contributed by atoms with Crippen LogP contribution in [-0.4, -0.2) is 6.54 Å². The standard InChI is InChI=1S/C16H15BrClF2N/c1-3-21-16(10-5-4-6-12(17)15(10)20)11-7-9(2)14(19)8-13(11)18/h4-8,16,21H,3H2,1-2H3. The largest absolute Gasteiger partial charge is 0.306 e. The maximum Gasteiger partial charge on any atom is 0.142 e. The number of hydrogen-bond donors (Lipinski definition) is 1. The predicted molar refractivity (Wildman–Crippen MR) is 85.8 cm³/mol. The average molecular weight is 375 g/mol. The van der Waals surface area contributed by atoms with Crippen molar-refractivity contribution in [2.75, 3.05) is 6.54 Å². The Kier molecular flexibility index (Phi) is 5.36. The Morgan fingerprint density at radius 2 is 1.95 bits per heavy atom. The van der Waals surface area contributed by atoms with Crippen LogP contribution in [0.3, 0.4) is 0 Å². The number of rotatable bonds is 4. The van der Waals surface area contributed by atoms with Crippen LogP contribution in [0.1, 0.15) is 29.7 Å². The molecule has 5 heteroatoms. The van der Waals surface area contributed by atoms with E-state index in [1.165, 1.54) is 6.07 Å². The molecule has 0 aliphatic rings. The van der Waals surface area contributed by atoms with E-state index < -0.39 is 6.04 Å². The van der Waals surface area contributed by atoms with Crippen molar-refractivity contribution < 1.29 is 8.78 Å². The summed E-state index contributed by atoms with van der Waals surface area (Å²) < 4.78 is 28.3. The molecule has 1 N–H and O–H groups in total. The number of aryl methyl sites for hydroxylation is 1. The molecule has 0 fully saturated rings. The predicted octanol–water partition coefficient (Wildman–Crippen LogP) is 5.39. The van der Waals surface area contributed by atoms with Gasteiger partial charge < -0.3 is 5.32 Å². The number of benzene rings is 2. The summed E-state index contributed by atoms with van der Waals surface area (Å²) >= 11 is 9.35. The summed E-state index contributed by atoms with van der Waals surface area (Å²) in [5.41, 5.74) is 1.61. The zero-order valence-corrected chi connectivity index (χ0v) is 14.0. The van der Waals surface area contributed by atoms with E-state index >= 15 is 0 Å². The molecule has 2 aromatic carbocycles. The lowest BCUT2D eigenvalue weighted by Crippen LogP contribution is -2.23. The summed E-state index contributed by atoms with van der Waals surface area (Å²) in [4.78, 5) is 0. The fourth-order valence-electron chi connectivity index (χ4n) is 2.24. The molecule has 0 aromatic heterocycles. The van der Waals surface area contributed by atoms with E-state index in [-0.39, 0.29) is 16.7 Å². The second kappa shape index (κ2) is 6.86. The Morgan fingerprint density at radius 3 is 2.62 bits per heavy atom. The van der Waals surface area contributed by atoms with Gasteiger partial charge in [-0.1, -0.05) is 30.7 Å². The topological polar surface area (TPSA) is 12.0 Å². The minimum absolute atomic E-state index is 0.281. The SMILES string of the molecule is CCNC(c1cc(C)c(F)cc1Cl)c1cccc(Br)c1F. The number of hydrogen-bond acceptors (Lipinski definition) is 1. The highest BCUT2D eigenvalue weighted by Gasteiger charge is 2.21. The molecule has 1 unspecified atom stereocenters. The summed E-state index contributed by atoms with van der Waals surface area (Å²) in [6, 6.07) is 7.59. The molecule has 0 heterocycles. The molecule has 1 nitrogen and oxygen atoms in total. The van der Waals surface area contributed by atoms with Gasteiger partial charge in [0.25, 0.3) is 0 Å². The molecule has 0 amide bonds. The Balaban J connectivity index is 2.59. The van der Waals surface area contributed by atoms with Gasteiger partial charge in [0, 0.05) is 10.6 Å². The first-order chi connectivity index (χ1) is 9.95. The van der Waals surface area contributed by atoms with Crippen LogP contribution in [0.4, 0.5) is 8.78 Å². The van der Waals surface area contributed by atoms with Crippen molar-refractivity contribution in [3.63, 3.8) is 0 Å². The van der Waals surface area contributed by atoms with Crippen molar-refractivity contribution in [3.8, 4) is 0 Å². The molecule has 1 atom stereocenters. The summed E-state index contributed by atoms with van der Waals surface area (Å²) in [6.07, 6.45) is 0. The van der Waals surface area contributed by atoms with Gasteiger partial charge in [-0.25, -0.2) is 8.78 Å². The van der Waals surface area contributed by atoms with E-state index in [2.05, 4.69) is 21.2 Å². The van der Waals surface area contributed by atoms with Gasteiger partial charge in [0.1, 0.15) is 11.6 Å². The fourth-order valence-corrected chi connectivity index (χ4v) is 2.88. The third kappa shape index (κ3) is 3.44. The van der Waals surface area contributed by atoms with Crippen LogP contribution in [0, 0.1) is 18.6 Å². The third-order valence-electron chi connectivity index (χ3n) is 3.29. The zero-order valence-electron chi connectivity index (χ0n) is 11.7. The van der Waals surface area contributed by atoms with Gasteiger partial charge in [0.05, 0.1) is 10.5 Å². The summed E-state index contributed by atoms with van der Waals surface area (Å²) in [5.74, 6) is -0.713. The van der Waals surface area contributed by atoms with Gasteiger partial charge in [-0.05, 0) is 58.7 Å².